The summed E-state index contributed by atoms with van der Waals surface area (Å²) in [5, 5.41) is 6.17. The van der Waals surface area contributed by atoms with E-state index in [2.05, 4.69) is 15.6 Å². The molecule has 4 nitrogen and oxygen atoms in total. The van der Waals surface area contributed by atoms with Gasteiger partial charge in [0.2, 0.25) is 0 Å². The fourth-order valence-corrected chi connectivity index (χ4v) is 1.94. The number of rotatable bonds is 4. The molecule has 1 amide bonds. The van der Waals surface area contributed by atoms with Crippen LogP contribution in [-0.2, 0) is 0 Å². The molecule has 104 valence electrons. The van der Waals surface area contributed by atoms with Crippen LogP contribution in [0.3, 0.4) is 0 Å². The number of nitrogens with zero attached hydrogens (tertiary/aromatic N) is 1. The zero-order chi connectivity index (χ0) is 14.5. The first kappa shape index (κ1) is 14.1. The summed E-state index contributed by atoms with van der Waals surface area (Å²) < 4.78 is 0. The minimum atomic E-state index is -0.126. The number of aromatic nitrogens is 1. The van der Waals surface area contributed by atoms with E-state index in [4.69, 9.17) is 0 Å². The van der Waals surface area contributed by atoms with Gasteiger partial charge in [-0.2, -0.15) is 0 Å². The zero-order valence-electron chi connectivity index (χ0n) is 12.0. The number of amides is 1. The Kier molecular flexibility index (Phi) is 4.35. The standard InChI is InChI=1S/C16H19N3O/c1-11(2)18-15-7-5-4-6-14(15)16(20)19-13-8-9-17-12(3)10-13/h4-11,18H,1-3H3,(H,17,19,20). The number of aryl methyl sites for hydroxylation is 1. The van der Waals surface area contributed by atoms with Crippen molar-refractivity contribution >= 4 is 17.3 Å². The lowest BCUT2D eigenvalue weighted by Crippen LogP contribution is -2.17. The Balaban J connectivity index is 2.21. The number of hydrogen-bond acceptors (Lipinski definition) is 3. The average molecular weight is 269 g/mol. The quantitative estimate of drug-likeness (QED) is 0.893. The third kappa shape index (κ3) is 3.57. The normalized spacial score (nSPS) is 10.4. The number of carbonyl (C=O) groups is 1. The summed E-state index contributed by atoms with van der Waals surface area (Å²) in [6.07, 6.45) is 1.68. The minimum Gasteiger partial charge on any atom is -0.382 e. The van der Waals surface area contributed by atoms with Crippen molar-refractivity contribution in [3.8, 4) is 0 Å². The van der Waals surface area contributed by atoms with Crippen LogP contribution in [0, 0.1) is 6.92 Å². The Morgan fingerprint density at radius 3 is 2.65 bits per heavy atom. The number of anilines is 2. The highest BCUT2D eigenvalue weighted by molar-refractivity contribution is 6.08. The van der Waals surface area contributed by atoms with E-state index < -0.39 is 0 Å². The highest BCUT2D eigenvalue weighted by atomic mass is 16.1. The number of para-hydroxylation sites is 1. The summed E-state index contributed by atoms with van der Waals surface area (Å²) in [4.78, 5) is 16.5. The lowest BCUT2D eigenvalue weighted by atomic mass is 10.1. The Morgan fingerprint density at radius 1 is 1.20 bits per heavy atom. The van der Waals surface area contributed by atoms with Crippen molar-refractivity contribution in [3.05, 3.63) is 53.9 Å². The first-order valence-corrected chi connectivity index (χ1v) is 6.66. The van der Waals surface area contributed by atoms with Gasteiger partial charge in [-0.1, -0.05) is 12.1 Å². The molecule has 0 saturated carbocycles. The average Bonchev–Trinajstić information content (AvgIpc) is 2.38. The SMILES string of the molecule is Cc1cc(NC(=O)c2ccccc2NC(C)C)ccn1. The van der Waals surface area contributed by atoms with Crippen molar-refractivity contribution in [1.82, 2.24) is 4.98 Å². The van der Waals surface area contributed by atoms with E-state index in [0.29, 0.717) is 5.56 Å². The second kappa shape index (κ2) is 6.19. The fourth-order valence-electron chi connectivity index (χ4n) is 1.94. The third-order valence-electron chi connectivity index (χ3n) is 2.77. The van der Waals surface area contributed by atoms with Gasteiger partial charge in [-0.25, -0.2) is 0 Å². The summed E-state index contributed by atoms with van der Waals surface area (Å²) >= 11 is 0. The monoisotopic (exact) mass is 269 g/mol. The molecule has 1 aromatic heterocycles. The van der Waals surface area contributed by atoms with Gasteiger partial charge >= 0.3 is 0 Å². The van der Waals surface area contributed by atoms with Gasteiger partial charge in [-0.15, -0.1) is 0 Å². The number of nitrogens with one attached hydrogen (secondary N) is 2. The fraction of sp³-hybridized carbons (Fsp3) is 0.250. The second-order valence-electron chi connectivity index (χ2n) is 4.98. The molecule has 0 fully saturated rings. The first-order chi connectivity index (χ1) is 9.56. The van der Waals surface area contributed by atoms with Crippen molar-refractivity contribution in [1.29, 1.82) is 0 Å². The van der Waals surface area contributed by atoms with Crippen LogP contribution in [0.1, 0.15) is 29.9 Å². The van der Waals surface area contributed by atoms with Crippen LogP contribution in [0.4, 0.5) is 11.4 Å². The Labute approximate surface area is 119 Å². The smallest absolute Gasteiger partial charge is 0.257 e. The molecule has 0 unspecified atom stereocenters. The van der Waals surface area contributed by atoms with Gasteiger partial charge in [0.05, 0.1) is 5.56 Å². The van der Waals surface area contributed by atoms with Gasteiger partial charge in [0, 0.05) is 29.3 Å². The maximum atomic E-state index is 12.4. The molecule has 2 N–H and O–H groups in total. The number of benzene rings is 1. The molecular weight excluding hydrogens is 250 g/mol. The van der Waals surface area contributed by atoms with Crippen molar-refractivity contribution in [2.24, 2.45) is 0 Å². The lowest BCUT2D eigenvalue weighted by molar-refractivity contribution is 0.102. The van der Waals surface area contributed by atoms with Crippen molar-refractivity contribution in [3.63, 3.8) is 0 Å². The topological polar surface area (TPSA) is 54.0 Å². The van der Waals surface area contributed by atoms with Crippen LogP contribution in [0.5, 0.6) is 0 Å². The van der Waals surface area contributed by atoms with Crippen molar-refractivity contribution < 1.29 is 4.79 Å². The highest BCUT2D eigenvalue weighted by Gasteiger charge is 2.11. The molecule has 0 bridgehead atoms. The maximum Gasteiger partial charge on any atom is 0.257 e. The predicted molar refractivity (Wildman–Crippen MR) is 82.1 cm³/mol. The van der Waals surface area contributed by atoms with Gasteiger partial charge in [0.25, 0.3) is 5.91 Å². The predicted octanol–water partition coefficient (Wildman–Crippen LogP) is 3.46. The van der Waals surface area contributed by atoms with Gasteiger partial charge < -0.3 is 10.6 Å². The van der Waals surface area contributed by atoms with Crippen LogP contribution in [0.2, 0.25) is 0 Å². The number of hydrogen-bond donors (Lipinski definition) is 2. The molecule has 20 heavy (non-hydrogen) atoms. The lowest BCUT2D eigenvalue weighted by Gasteiger charge is -2.14. The van der Waals surface area contributed by atoms with Crippen molar-refractivity contribution in [2.75, 3.05) is 10.6 Å². The molecular formula is C16H19N3O. The third-order valence-corrected chi connectivity index (χ3v) is 2.77. The van der Waals surface area contributed by atoms with E-state index in [-0.39, 0.29) is 11.9 Å². The molecule has 0 radical (unpaired) electrons. The van der Waals surface area contributed by atoms with Crippen LogP contribution < -0.4 is 10.6 Å². The molecule has 1 heterocycles. The second-order valence-corrected chi connectivity index (χ2v) is 4.98. The van der Waals surface area contributed by atoms with E-state index in [1.54, 1.807) is 12.3 Å². The van der Waals surface area contributed by atoms with Gasteiger partial charge in [-0.3, -0.25) is 9.78 Å². The Morgan fingerprint density at radius 2 is 1.95 bits per heavy atom. The summed E-state index contributed by atoms with van der Waals surface area (Å²) in [7, 11) is 0. The molecule has 0 aliphatic heterocycles. The van der Waals surface area contributed by atoms with E-state index in [0.717, 1.165) is 17.1 Å². The molecule has 0 saturated heterocycles. The van der Waals surface area contributed by atoms with E-state index >= 15 is 0 Å². The van der Waals surface area contributed by atoms with Crippen LogP contribution in [-0.4, -0.2) is 16.9 Å². The van der Waals surface area contributed by atoms with Gasteiger partial charge in [-0.05, 0) is 45.0 Å². The number of carbonyl (C=O) groups excluding carboxylic acids is 1. The Bertz CT molecular complexity index is 608. The van der Waals surface area contributed by atoms with Gasteiger partial charge in [0.15, 0.2) is 0 Å². The van der Waals surface area contributed by atoms with Crippen LogP contribution >= 0.6 is 0 Å². The summed E-state index contributed by atoms with van der Waals surface area (Å²) in [6, 6.07) is 11.4. The van der Waals surface area contributed by atoms with Crippen LogP contribution in [0.25, 0.3) is 0 Å². The van der Waals surface area contributed by atoms with E-state index in [1.807, 2.05) is 51.1 Å². The summed E-state index contributed by atoms with van der Waals surface area (Å²) in [5.74, 6) is -0.126. The molecule has 0 aliphatic rings. The highest BCUT2D eigenvalue weighted by Crippen LogP contribution is 2.18. The van der Waals surface area contributed by atoms with Crippen LogP contribution in [0.15, 0.2) is 42.6 Å². The molecule has 2 rings (SSSR count). The van der Waals surface area contributed by atoms with E-state index in [1.165, 1.54) is 0 Å². The molecule has 2 aromatic rings. The zero-order valence-corrected chi connectivity index (χ0v) is 12.0. The Hall–Kier alpha value is -2.36. The molecule has 4 heteroatoms. The maximum absolute atomic E-state index is 12.4. The number of pyridine rings is 1. The van der Waals surface area contributed by atoms with Gasteiger partial charge in [0.1, 0.15) is 0 Å². The minimum absolute atomic E-state index is 0.126. The summed E-state index contributed by atoms with van der Waals surface area (Å²) in [5.41, 5.74) is 3.10. The van der Waals surface area contributed by atoms with Crippen molar-refractivity contribution in [2.45, 2.75) is 26.8 Å². The van der Waals surface area contributed by atoms with E-state index in [9.17, 15) is 4.79 Å². The largest absolute Gasteiger partial charge is 0.382 e. The molecule has 0 aliphatic carbocycles. The molecule has 0 spiro atoms. The molecule has 1 aromatic carbocycles. The summed E-state index contributed by atoms with van der Waals surface area (Å²) in [6.45, 7) is 5.98. The molecule has 0 atom stereocenters. The first-order valence-electron chi connectivity index (χ1n) is 6.66.